The van der Waals surface area contributed by atoms with Gasteiger partial charge in [-0.25, -0.2) is 13.1 Å². The van der Waals surface area contributed by atoms with Crippen LogP contribution in [0.1, 0.15) is 16.0 Å². The summed E-state index contributed by atoms with van der Waals surface area (Å²) in [4.78, 5) is 1.13. The zero-order valence-corrected chi connectivity index (χ0v) is 14.0. The van der Waals surface area contributed by atoms with Crippen LogP contribution in [-0.4, -0.2) is 13.5 Å². The highest BCUT2D eigenvalue weighted by Crippen LogP contribution is 2.24. The first-order chi connectivity index (χ1) is 9.45. The second-order valence-corrected chi connectivity index (χ2v) is 7.81. The zero-order chi connectivity index (χ0) is 14.8. The molecule has 0 saturated carbocycles. The molecule has 7 heteroatoms. The van der Waals surface area contributed by atoms with Gasteiger partial charge in [-0.15, -0.1) is 11.3 Å². The Morgan fingerprint density at radius 2 is 2.10 bits per heavy atom. The number of benzene rings is 1. The summed E-state index contributed by atoms with van der Waals surface area (Å²) < 4.78 is 28.1. The molecule has 0 amide bonds. The maximum Gasteiger partial charge on any atom is 0.241 e. The molecule has 0 aliphatic heterocycles. The topological polar surface area (TPSA) is 66.4 Å². The van der Waals surface area contributed by atoms with Gasteiger partial charge in [-0.1, -0.05) is 12.1 Å². The van der Waals surface area contributed by atoms with E-state index in [9.17, 15) is 13.5 Å². The second kappa shape index (κ2) is 6.36. The number of hydrogen-bond donors (Lipinski definition) is 2. The Hall–Kier alpha value is -0.730. The van der Waals surface area contributed by atoms with Gasteiger partial charge in [0.15, 0.2) is 0 Å². The van der Waals surface area contributed by atoms with Crippen LogP contribution in [-0.2, 0) is 23.2 Å². The summed E-state index contributed by atoms with van der Waals surface area (Å²) in [6.45, 7) is 1.76. The maximum absolute atomic E-state index is 12.3. The molecule has 1 heterocycles. The Balaban J connectivity index is 2.25. The average molecular weight is 376 g/mol. The Labute approximate surface area is 130 Å². The molecular weight excluding hydrogens is 362 g/mol. The van der Waals surface area contributed by atoms with Gasteiger partial charge in [0.2, 0.25) is 10.0 Å². The van der Waals surface area contributed by atoms with E-state index in [4.69, 9.17) is 0 Å². The molecule has 0 aliphatic rings. The number of halogens is 1. The number of sulfonamides is 1. The van der Waals surface area contributed by atoms with Crippen molar-refractivity contribution in [3.8, 4) is 0 Å². The molecule has 2 aromatic rings. The van der Waals surface area contributed by atoms with E-state index >= 15 is 0 Å². The third-order valence-electron chi connectivity index (χ3n) is 2.97. The summed E-state index contributed by atoms with van der Waals surface area (Å²) in [5.41, 5.74) is 1.19. The van der Waals surface area contributed by atoms with Gasteiger partial charge in [0, 0.05) is 15.9 Å². The van der Waals surface area contributed by atoms with Gasteiger partial charge in [0.1, 0.15) is 0 Å². The van der Waals surface area contributed by atoms with Gasteiger partial charge in [-0.3, -0.25) is 0 Å². The first-order valence-corrected chi connectivity index (χ1v) is 9.02. The quantitative estimate of drug-likeness (QED) is 0.844. The van der Waals surface area contributed by atoms with Crippen LogP contribution in [0.5, 0.6) is 0 Å². The molecule has 0 aliphatic carbocycles. The van der Waals surface area contributed by atoms with Crippen molar-refractivity contribution in [2.45, 2.75) is 25.0 Å². The van der Waals surface area contributed by atoms with Gasteiger partial charge >= 0.3 is 0 Å². The van der Waals surface area contributed by atoms with Crippen molar-refractivity contribution in [3.63, 3.8) is 0 Å². The number of rotatable bonds is 5. The fraction of sp³-hybridized carbons (Fsp3) is 0.231. The zero-order valence-electron chi connectivity index (χ0n) is 10.8. The molecule has 0 fully saturated rings. The molecule has 1 aromatic heterocycles. The molecule has 1 aromatic carbocycles. The van der Waals surface area contributed by atoms with Crippen molar-refractivity contribution in [1.82, 2.24) is 4.72 Å². The Morgan fingerprint density at radius 3 is 2.70 bits per heavy atom. The minimum absolute atomic E-state index is 0.175. The minimum Gasteiger partial charge on any atom is -0.392 e. The van der Waals surface area contributed by atoms with Gasteiger partial charge in [0.05, 0.1) is 11.5 Å². The molecule has 2 rings (SSSR count). The summed E-state index contributed by atoms with van der Waals surface area (Å²) in [5.74, 6) is 0. The molecule has 2 N–H and O–H groups in total. The predicted octanol–water partition coefficient (Wildman–Crippen LogP) is 2.79. The largest absolute Gasteiger partial charge is 0.392 e. The Morgan fingerprint density at radius 1 is 1.35 bits per heavy atom. The lowest BCUT2D eigenvalue weighted by molar-refractivity contribution is 0.280. The molecule has 4 nitrogen and oxygen atoms in total. The highest BCUT2D eigenvalue weighted by molar-refractivity contribution is 9.10. The van der Waals surface area contributed by atoms with E-state index in [2.05, 4.69) is 20.7 Å². The first kappa shape index (κ1) is 15.7. The van der Waals surface area contributed by atoms with Crippen molar-refractivity contribution in [3.05, 3.63) is 50.1 Å². The Kier molecular flexibility index (Phi) is 4.98. The van der Waals surface area contributed by atoms with E-state index in [0.29, 0.717) is 11.1 Å². The highest BCUT2D eigenvalue weighted by Gasteiger charge is 2.18. The van der Waals surface area contributed by atoms with E-state index in [-0.39, 0.29) is 18.0 Å². The summed E-state index contributed by atoms with van der Waals surface area (Å²) >= 11 is 4.85. The Bertz CT molecular complexity index is 710. The highest BCUT2D eigenvalue weighted by atomic mass is 79.9. The molecule has 20 heavy (non-hydrogen) atoms. The van der Waals surface area contributed by atoms with Crippen molar-refractivity contribution < 1.29 is 13.5 Å². The molecule has 0 radical (unpaired) electrons. The summed E-state index contributed by atoms with van der Waals surface area (Å²) in [6, 6.07) is 6.77. The van der Waals surface area contributed by atoms with Crippen LogP contribution in [0, 0.1) is 6.92 Å². The standard InChI is InChI=1S/C13H14BrNO3S2/c1-9-10(8-16)3-2-4-13(9)20(17,18)15-7-12-11(14)5-6-19-12/h2-6,15-16H,7-8H2,1H3. The third-order valence-corrected chi connectivity index (χ3v) is 6.44. The average Bonchev–Trinajstić information content (AvgIpc) is 2.82. The van der Waals surface area contributed by atoms with Gasteiger partial charge in [0.25, 0.3) is 0 Å². The van der Waals surface area contributed by atoms with Crippen LogP contribution in [0.2, 0.25) is 0 Å². The fourth-order valence-electron chi connectivity index (χ4n) is 1.81. The molecule has 0 unspecified atom stereocenters. The SMILES string of the molecule is Cc1c(CO)cccc1S(=O)(=O)NCc1sccc1Br. The lowest BCUT2D eigenvalue weighted by atomic mass is 10.1. The summed E-state index contributed by atoms with van der Waals surface area (Å²) in [7, 11) is -3.59. The number of thiophene rings is 1. The minimum atomic E-state index is -3.59. The van der Waals surface area contributed by atoms with Gasteiger partial charge < -0.3 is 5.11 Å². The fourth-order valence-corrected chi connectivity index (χ4v) is 4.62. The second-order valence-electron chi connectivity index (χ2n) is 4.21. The third kappa shape index (κ3) is 3.29. The molecule has 0 spiro atoms. The van der Waals surface area contributed by atoms with Crippen LogP contribution < -0.4 is 4.72 Å². The molecule has 0 saturated heterocycles. The van der Waals surface area contributed by atoms with Crippen molar-refractivity contribution in [1.29, 1.82) is 0 Å². The van der Waals surface area contributed by atoms with Crippen LogP contribution in [0.3, 0.4) is 0 Å². The van der Waals surface area contributed by atoms with E-state index in [1.165, 1.54) is 11.3 Å². The van der Waals surface area contributed by atoms with Gasteiger partial charge in [-0.2, -0.15) is 0 Å². The monoisotopic (exact) mass is 375 g/mol. The van der Waals surface area contributed by atoms with Crippen molar-refractivity contribution in [2.75, 3.05) is 0 Å². The molecule has 108 valence electrons. The lowest BCUT2D eigenvalue weighted by Gasteiger charge is -2.11. The van der Waals surface area contributed by atoms with Crippen molar-refractivity contribution in [2.24, 2.45) is 0 Å². The maximum atomic E-state index is 12.3. The van der Waals surface area contributed by atoms with Gasteiger partial charge in [-0.05, 0) is 51.5 Å². The van der Waals surface area contributed by atoms with E-state index in [1.807, 2.05) is 11.4 Å². The van der Waals surface area contributed by atoms with E-state index in [1.54, 1.807) is 25.1 Å². The van der Waals surface area contributed by atoms with E-state index in [0.717, 1.165) is 9.35 Å². The normalized spacial score (nSPS) is 11.8. The number of aliphatic hydroxyl groups is 1. The van der Waals surface area contributed by atoms with Crippen molar-refractivity contribution >= 4 is 37.3 Å². The summed E-state index contributed by atoms with van der Waals surface area (Å²) in [6.07, 6.45) is 0. The van der Waals surface area contributed by atoms with Crippen LogP contribution in [0.4, 0.5) is 0 Å². The molecule has 0 bridgehead atoms. The smallest absolute Gasteiger partial charge is 0.241 e. The first-order valence-electron chi connectivity index (χ1n) is 5.86. The molecular formula is C13H14BrNO3S2. The molecule has 0 atom stereocenters. The number of hydrogen-bond acceptors (Lipinski definition) is 4. The van der Waals surface area contributed by atoms with E-state index < -0.39 is 10.0 Å². The lowest BCUT2D eigenvalue weighted by Crippen LogP contribution is -2.24. The van der Waals surface area contributed by atoms with Crippen LogP contribution >= 0.6 is 27.3 Å². The number of aliphatic hydroxyl groups excluding tert-OH is 1. The van der Waals surface area contributed by atoms with Crippen LogP contribution in [0.25, 0.3) is 0 Å². The number of nitrogens with one attached hydrogen (secondary N) is 1. The van der Waals surface area contributed by atoms with Crippen LogP contribution in [0.15, 0.2) is 39.0 Å². The predicted molar refractivity (Wildman–Crippen MR) is 83.1 cm³/mol. The summed E-state index contributed by atoms with van der Waals surface area (Å²) in [5, 5.41) is 11.1.